The van der Waals surface area contributed by atoms with Crippen molar-refractivity contribution in [2.75, 3.05) is 0 Å². The van der Waals surface area contributed by atoms with Crippen LogP contribution in [0.3, 0.4) is 0 Å². The molecule has 2 aromatic heterocycles. The van der Waals surface area contributed by atoms with Crippen LogP contribution in [-0.4, -0.2) is 10.9 Å². The van der Waals surface area contributed by atoms with Gasteiger partial charge >= 0.3 is 0 Å². The van der Waals surface area contributed by atoms with Gasteiger partial charge in [-0.1, -0.05) is 24.3 Å². The molecular weight excluding hydrogens is 335 g/mol. The summed E-state index contributed by atoms with van der Waals surface area (Å²) in [6.45, 7) is 2.16. The van der Waals surface area contributed by atoms with Gasteiger partial charge in [0, 0.05) is 19.2 Å². The SMILES string of the molecule is Cc1ccc(CCC(=O)NCc2cccnc2-c2cccs2)cc1F. The van der Waals surface area contributed by atoms with Crippen LogP contribution < -0.4 is 5.32 Å². The average molecular weight is 354 g/mol. The summed E-state index contributed by atoms with van der Waals surface area (Å²) in [4.78, 5) is 17.6. The van der Waals surface area contributed by atoms with Gasteiger partial charge in [0.05, 0.1) is 10.6 Å². The molecule has 128 valence electrons. The lowest BCUT2D eigenvalue weighted by molar-refractivity contribution is -0.121. The van der Waals surface area contributed by atoms with E-state index in [0.717, 1.165) is 21.7 Å². The molecule has 0 radical (unpaired) electrons. The average Bonchev–Trinajstić information content (AvgIpc) is 3.15. The molecule has 3 rings (SSSR count). The van der Waals surface area contributed by atoms with Crippen molar-refractivity contribution in [1.82, 2.24) is 10.3 Å². The fourth-order valence-electron chi connectivity index (χ4n) is 2.55. The highest BCUT2D eigenvalue weighted by atomic mass is 32.1. The second-order valence-corrected chi connectivity index (χ2v) is 6.80. The number of carbonyl (C=O) groups is 1. The van der Waals surface area contributed by atoms with Crippen LogP contribution in [0, 0.1) is 12.7 Å². The molecule has 3 aromatic rings. The summed E-state index contributed by atoms with van der Waals surface area (Å²) in [6.07, 6.45) is 2.61. The van der Waals surface area contributed by atoms with E-state index in [0.29, 0.717) is 24.9 Å². The van der Waals surface area contributed by atoms with Gasteiger partial charge in [-0.3, -0.25) is 9.78 Å². The van der Waals surface area contributed by atoms with E-state index in [1.165, 1.54) is 6.07 Å². The Kier molecular flexibility index (Phi) is 5.56. The van der Waals surface area contributed by atoms with E-state index >= 15 is 0 Å². The Morgan fingerprint density at radius 3 is 2.88 bits per heavy atom. The third-order valence-corrected chi connectivity index (χ3v) is 4.88. The second-order valence-electron chi connectivity index (χ2n) is 5.85. The van der Waals surface area contributed by atoms with E-state index in [2.05, 4.69) is 10.3 Å². The first kappa shape index (κ1) is 17.3. The van der Waals surface area contributed by atoms with Gasteiger partial charge in [0.25, 0.3) is 0 Å². The highest BCUT2D eigenvalue weighted by molar-refractivity contribution is 7.13. The summed E-state index contributed by atoms with van der Waals surface area (Å²) in [7, 11) is 0. The zero-order chi connectivity index (χ0) is 17.6. The maximum absolute atomic E-state index is 13.5. The third kappa shape index (κ3) is 4.51. The van der Waals surface area contributed by atoms with Crippen LogP contribution in [0.25, 0.3) is 10.6 Å². The van der Waals surface area contributed by atoms with Crippen molar-refractivity contribution in [3.8, 4) is 10.6 Å². The molecule has 25 heavy (non-hydrogen) atoms. The number of hydrogen-bond donors (Lipinski definition) is 1. The topological polar surface area (TPSA) is 42.0 Å². The first-order valence-electron chi connectivity index (χ1n) is 8.13. The normalized spacial score (nSPS) is 10.6. The minimum Gasteiger partial charge on any atom is -0.352 e. The first-order chi connectivity index (χ1) is 12.1. The van der Waals surface area contributed by atoms with Crippen molar-refractivity contribution in [2.45, 2.75) is 26.3 Å². The summed E-state index contributed by atoms with van der Waals surface area (Å²) in [5.41, 5.74) is 3.34. The third-order valence-electron chi connectivity index (χ3n) is 4.00. The predicted molar refractivity (Wildman–Crippen MR) is 98.9 cm³/mol. The standard InChI is InChI=1S/C20H19FN2OS/c1-14-6-7-15(12-17(14)21)8-9-19(24)23-13-16-4-2-10-22-20(16)18-5-3-11-25-18/h2-7,10-12H,8-9,13H2,1H3,(H,23,24). The summed E-state index contributed by atoms with van der Waals surface area (Å²) >= 11 is 1.62. The molecule has 1 amide bonds. The van der Waals surface area contributed by atoms with Gasteiger partial charge in [-0.15, -0.1) is 11.3 Å². The van der Waals surface area contributed by atoms with Crippen molar-refractivity contribution in [2.24, 2.45) is 0 Å². The van der Waals surface area contributed by atoms with Gasteiger partial charge in [-0.25, -0.2) is 4.39 Å². The van der Waals surface area contributed by atoms with E-state index in [9.17, 15) is 9.18 Å². The van der Waals surface area contributed by atoms with E-state index in [-0.39, 0.29) is 11.7 Å². The predicted octanol–water partition coefficient (Wildman–Crippen LogP) is 4.51. The molecule has 0 fully saturated rings. The Labute approximate surface area is 150 Å². The molecule has 2 heterocycles. The van der Waals surface area contributed by atoms with E-state index in [1.54, 1.807) is 30.5 Å². The van der Waals surface area contributed by atoms with Crippen LogP contribution in [0.5, 0.6) is 0 Å². The summed E-state index contributed by atoms with van der Waals surface area (Å²) < 4.78 is 13.5. The zero-order valence-electron chi connectivity index (χ0n) is 14.0. The van der Waals surface area contributed by atoms with Crippen LogP contribution >= 0.6 is 11.3 Å². The van der Waals surface area contributed by atoms with Gasteiger partial charge in [0.2, 0.25) is 5.91 Å². The lowest BCUT2D eigenvalue weighted by atomic mass is 10.1. The van der Waals surface area contributed by atoms with Crippen LogP contribution in [-0.2, 0) is 17.8 Å². The van der Waals surface area contributed by atoms with Crippen molar-refractivity contribution < 1.29 is 9.18 Å². The minimum atomic E-state index is -0.228. The van der Waals surface area contributed by atoms with E-state index in [4.69, 9.17) is 0 Å². The Bertz CT molecular complexity index is 862. The van der Waals surface area contributed by atoms with Gasteiger partial charge < -0.3 is 5.32 Å². The summed E-state index contributed by atoms with van der Waals surface area (Å²) in [5, 5.41) is 4.94. The number of nitrogens with zero attached hydrogens (tertiary/aromatic N) is 1. The van der Waals surface area contributed by atoms with E-state index in [1.807, 2.05) is 35.7 Å². The number of amides is 1. The molecule has 0 aliphatic rings. The smallest absolute Gasteiger partial charge is 0.220 e. The van der Waals surface area contributed by atoms with E-state index < -0.39 is 0 Å². The van der Waals surface area contributed by atoms with Crippen LogP contribution in [0.15, 0.2) is 54.0 Å². The molecular formula is C20H19FN2OS. The van der Waals surface area contributed by atoms with Crippen molar-refractivity contribution in [1.29, 1.82) is 0 Å². The van der Waals surface area contributed by atoms with Gasteiger partial charge in [-0.05, 0) is 53.6 Å². The molecule has 0 saturated carbocycles. The Balaban J connectivity index is 1.57. The minimum absolute atomic E-state index is 0.0537. The second kappa shape index (κ2) is 8.03. The molecule has 3 nitrogen and oxygen atoms in total. The molecule has 0 spiro atoms. The number of pyridine rings is 1. The number of rotatable bonds is 6. The van der Waals surface area contributed by atoms with Crippen LogP contribution in [0.2, 0.25) is 0 Å². The van der Waals surface area contributed by atoms with Gasteiger partial charge in [-0.2, -0.15) is 0 Å². The number of aryl methyl sites for hydroxylation is 2. The number of thiophene rings is 1. The number of carbonyl (C=O) groups excluding carboxylic acids is 1. The van der Waals surface area contributed by atoms with Gasteiger partial charge in [0.1, 0.15) is 5.82 Å². The maximum atomic E-state index is 13.5. The quantitative estimate of drug-likeness (QED) is 0.708. The highest BCUT2D eigenvalue weighted by Crippen LogP contribution is 2.25. The molecule has 1 aromatic carbocycles. The Hall–Kier alpha value is -2.53. The summed E-state index contributed by atoms with van der Waals surface area (Å²) in [5.74, 6) is -0.282. The first-order valence-corrected chi connectivity index (χ1v) is 9.01. The van der Waals surface area contributed by atoms with Crippen molar-refractivity contribution in [3.05, 3.63) is 76.5 Å². The number of nitrogens with one attached hydrogen (secondary N) is 1. The monoisotopic (exact) mass is 354 g/mol. The molecule has 1 N–H and O–H groups in total. The zero-order valence-corrected chi connectivity index (χ0v) is 14.8. The lowest BCUT2D eigenvalue weighted by Gasteiger charge is -2.09. The number of benzene rings is 1. The molecule has 0 aliphatic carbocycles. The molecule has 5 heteroatoms. The fraction of sp³-hybridized carbons (Fsp3) is 0.200. The molecule has 0 unspecified atom stereocenters. The van der Waals surface area contributed by atoms with Crippen molar-refractivity contribution >= 4 is 17.2 Å². The Morgan fingerprint density at radius 2 is 2.12 bits per heavy atom. The van der Waals surface area contributed by atoms with Crippen molar-refractivity contribution in [3.63, 3.8) is 0 Å². The maximum Gasteiger partial charge on any atom is 0.220 e. The highest BCUT2D eigenvalue weighted by Gasteiger charge is 2.09. The molecule has 0 atom stereocenters. The number of halogens is 1. The lowest BCUT2D eigenvalue weighted by Crippen LogP contribution is -2.23. The van der Waals surface area contributed by atoms with Crippen LogP contribution in [0.4, 0.5) is 4.39 Å². The fourth-order valence-corrected chi connectivity index (χ4v) is 3.30. The largest absolute Gasteiger partial charge is 0.352 e. The molecule has 0 saturated heterocycles. The van der Waals surface area contributed by atoms with Gasteiger partial charge in [0.15, 0.2) is 0 Å². The molecule has 0 bridgehead atoms. The molecule has 0 aliphatic heterocycles. The Morgan fingerprint density at radius 1 is 1.24 bits per heavy atom. The number of aromatic nitrogens is 1. The number of hydrogen-bond acceptors (Lipinski definition) is 3. The summed E-state index contributed by atoms with van der Waals surface area (Å²) in [6, 6.07) is 12.9. The van der Waals surface area contributed by atoms with Crippen LogP contribution in [0.1, 0.15) is 23.1 Å².